The highest BCUT2D eigenvalue weighted by molar-refractivity contribution is 7.09. The van der Waals surface area contributed by atoms with Gasteiger partial charge in [0.2, 0.25) is 0 Å². The zero-order valence-electron chi connectivity index (χ0n) is 8.02. The van der Waals surface area contributed by atoms with E-state index in [-0.39, 0.29) is 5.41 Å². The van der Waals surface area contributed by atoms with Crippen molar-refractivity contribution in [1.29, 1.82) is 0 Å². The van der Waals surface area contributed by atoms with Crippen LogP contribution in [-0.4, -0.2) is 4.98 Å². The molecular weight excluding hydrogens is 190 g/mol. The SMILES string of the molecule is C=CCC1(c2nccs2)C=CC=CC1. The van der Waals surface area contributed by atoms with Crippen LogP contribution < -0.4 is 0 Å². The van der Waals surface area contributed by atoms with Gasteiger partial charge in [-0.1, -0.05) is 30.4 Å². The topological polar surface area (TPSA) is 12.9 Å². The summed E-state index contributed by atoms with van der Waals surface area (Å²) in [7, 11) is 0. The molecule has 1 heterocycles. The minimum atomic E-state index is 0.0741. The smallest absolute Gasteiger partial charge is 0.103 e. The maximum atomic E-state index is 4.42. The molecule has 1 nitrogen and oxygen atoms in total. The third kappa shape index (κ3) is 1.58. The Balaban J connectivity index is 2.36. The van der Waals surface area contributed by atoms with Gasteiger partial charge < -0.3 is 0 Å². The van der Waals surface area contributed by atoms with Crippen LogP contribution in [0.2, 0.25) is 0 Å². The van der Waals surface area contributed by atoms with E-state index in [1.165, 1.54) is 5.01 Å². The Morgan fingerprint density at radius 3 is 3.07 bits per heavy atom. The van der Waals surface area contributed by atoms with Crippen LogP contribution >= 0.6 is 11.3 Å². The van der Waals surface area contributed by atoms with E-state index in [9.17, 15) is 0 Å². The number of nitrogens with zero attached hydrogens (tertiary/aromatic N) is 1. The molecule has 1 aromatic rings. The van der Waals surface area contributed by atoms with Gasteiger partial charge in [-0.15, -0.1) is 17.9 Å². The van der Waals surface area contributed by atoms with Gasteiger partial charge in [0.25, 0.3) is 0 Å². The molecule has 0 aromatic carbocycles. The van der Waals surface area contributed by atoms with Crippen molar-refractivity contribution >= 4 is 11.3 Å². The Kier molecular flexibility index (Phi) is 2.64. The number of hydrogen-bond acceptors (Lipinski definition) is 2. The zero-order chi connectivity index (χ0) is 9.86. The van der Waals surface area contributed by atoms with E-state index < -0.39 is 0 Å². The molecule has 1 atom stereocenters. The van der Waals surface area contributed by atoms with Crippen molar-refractivity contribution in [2.75, 3.05) is 0 Å². The first-order chi connectivity index (χ1) is 6.87. The Morgan fingerprint density at radius 1 is 1.57 bits per heavy atom. The number of rotatable bonds is 3. The first-order valence-electron chi connectivity index (χ1n) is 4.73. The van der Waals surface area contributed by atoms with Crippen LogP contribution in [-0.2, 0) is 5.41 Å². The lowest BCUT2D eigenvalue weighted by molar-refractivity contribution is 0.542. The average molecular weight is 203 g/mol. The molecule has 0 radical (unpaired) electrons. The van der Waals surface area contributed by atoms with Crippen molar-refractivity contribution in [3.63, 3.8) is 0 Å². The van der Waals surface area contributed by atoms with Crippen LogP contribution in [0.25, 0.3) is 0 Å². The highest BCUT2D eigenvalue weighted by atomic mass is 32.1. The standard InChI is InChI=1S/C12H13NS/c1-2-6-12(7-4-3-5-8-12)11-13-9-10-14-11/h2-5,7,9-10H,1,6,8H2. The van der Waals surface area contributed by atoms with Gasteiger partial charge in [0.15, 0.2) is 0 Å². The van der Waals surface area contributed by atoms with Crippen LogP contribution in [0.5, 0.6) is 0 Å². The van der Waals surface area contributed by atoms with E-state index in [4.69, 9.17) is 0 Å². The normalized spacial score (nSPS) is 25.1. The molecule has 14 heavy (non-hydrogen) atoms. The first kappa shape index (κ1) is 9.41. The van der Waals surface area contributed by atoms with Crippen molar-refractivity contribution in [3.05, 3.63) is 53.5 Å². The molecule has 2 heteroatoms. The van der Waals surface area contributed by atoms with Gasteiger partial charge in [-0.05, 0) is 12.8 Å². The van der Waals surface area contributed by atoms with E-state index >= 15 is 0 Å². The van der Waals surface area contributed by atoms with Crippen molar-refractivity contribution in [2.45, 2.75) is 18.3 Å². The third-order valence-corrected chi connectivity index (χ3v) is 3.50. The fraction of sp³-hybridized carbons (Fsp3) is 0.250. The van der Waals surface area contributed by atoms with Crippen LogP contribution in [0.1, 0.15) is 17.8 Å². The molecule has 72 valence electrons. The van der Waals surface area contributed by atoms with Gasteiger partial charge >= 0.3 is 0 Å². The summed E-state index contributed by atoms with van der Waals surface area (Å²) in [6.45, 7) is 3.83. The molecule has 0 aliphatic heterocycles. The van der Waals surface area contributed by atoms with Gasteiger partial charge in [0.05, 0.1) is 0 Å². The molecule has 0 amide bonds. The van der Waals surface area contributed by atoms with Crippen molar-refractivity contribution in [1.82, 2.24) is 4.98 Å². The molecule has 0 spiro atoms. The molecule has 1 aliphatic carbocycles. The molecule has 1 unspecified atom stereocenters. The number of allylic oxidation sites excluding steroid dienone is 5. The Bertz CT molecular complexity index is 358. The van der Waals surface area contributed by atoms with Crippen LogP contribution in [0.4, 0.5) is 0 Å². The summed E-state index contributed by atoms with van der Waals surface area (Å²) in [5.41, 5.74) is 0.0741. The van der Waals surface area contributed by atoms with E-state index in [1.807, 2.05) is 17.7 Å². The summed E-state index contributed by atoms with van der Waals surface area (Å²) >= 11 is 1.72. The summed E-state index contributed by atoms with van der Waals surface area (Å²) in [5.74, 6) is 0. The fourth-order valence-electron chi connectivity index (χ4n) is 1.79. The van der Waals surface area contributed by atoms with Crippen LogP contribution in [0, 0.1) is 0 Å². The molecule has 0 N–H and O–H groups in total. The molecule has 2 rings (SSSR count). The Hall–Kier alpha value is -1.15. The summed E-state index contributed by atoms with van der Waals surface area (Å²) in [5, 5.41) is 3.23. The zero-order valence-corrected chi connectivity index (χ0v) is 8.83. The lowest BCUT2D eigenvalue weighted by Gasteiger charge is -2.27. The minimum Gasteiger partial charge on any atom is -0.249 e. The van der Waals surface area contributed by atoms with Gasteiger partial charge in [0.1, 0.15) is 5.01 Å². The highest BCUT2D eigenvalue weighted by Gasteiger charge is 2.30. The molecule has 1 aliphatic rings. The Labute approximate surface area is 88.5 Å². The summed E-state index contributed by atoms with van der Waals surface area (Å²) in [6, 6.07) is 0. The first-order valence-corrected chi connectivity index (χ1v) is 5.61. The highest BCUT2D eigenvalue weighted by Crippen LogP contribution is 2.37. The van der Waals surface area contributed by atoms with Gasteiger partial charge in [0, 0.05) is 17.0 Å². The quantitative estimate of drug-likeness (QED) is 0.685. The number of thiazole rings is 1. The molecule has 1 aromatic heterocycles. The lowest BCUT2D eigenvalue weighted by Crippen LogP contribution is -2.23. The summed E-state index contributed by atoms with van der Waals surface area (Å²) < 4.78 is 0. The lowest BCUT2D eigenvalue weighted by atomic mass is 9.79. The third-order valence-electron chi connectivity index (χ3n) is 2.51. The number of aromatic nitrogens is 1. The van der Waals surface area contributed by atoms with Crippen LogP contribution in [0.15, 0.2) is 48.5 Å². The van der Waals surface area contributed by atoms with Gasteiger partial charge in [-0.25, -0.2) is 4.98 Å². The number of hydrogen-bond donors (Lipinski definition) is 0. The van der Waals surface area contributed by atoms with Gasteiger partial charge in [-0.3, -0.25) is 0 Å². The van der Waals surface area contributed by atoms with E-state index in [2.05, 4.69) is 35.9 Å². The monoisotopic (exact) mass is 203 g/mol. The van der Waals surface area contributed by atoms with Crippen molar-refractivity contribution < 1.29 is 0 Å². The van der Waals surface area contributed by atoms with Gasteiger partial charge in [-0.2, -0.15) is 0 Å². The maximum Gasteiger partial charge on any atom is 0.103 e. The predicted octanol–water partition coefficient (Wildman–Crippen LogP) is 3.47. The predicted molar refractivity (Wildman–Crippen MR) is 61.5 cm³/mol. The second-order valence-electron chi connectivity index (χ2n) is 3.48. The largest absolute Gasteiger partial charge is 0.249 e. The molecule has 0 fully saturated rings. The van der Waals surface area contributed by atoms with Crippen molar-refractivity contribution in [3.8, 4) is 0 Å². The Morgan fingerprint density at radius 2 is 2.50 bits per heavy atom. The summed E-state index contributed by atoms with van der Waals surface area (Å²) in [6.07, 6.45) is 14.5. The minimum absolute atomic E-state index is 0.0741. The van der Waals surface area contributed by atoms with E-state index in [1.54, 1.807) is 11.3 Å². The molecule has 0 saturated heterocycles. The van der Waals surface area contributed by atoms with Crippen molar-refractivity contribution in [2.24, 2.45) is 0 Å². The molecular formula is C12H13NS. The fourth-order valence-corrected chi connectivity index (χ4v) is 2.63. The van der Waals surface area contributed by atoms with E-state index in [0.717, 1.165) is 12.8 Å². The van der Waals surface area contributed by atoms with Crippen LogP contribution in [0.3, 0.4) is 0 Å². The van der Waals surface area contributed by atoms with E-state index in [0.29, 0.717) is 0 Å². The second kappa shape index (κ2) is 3.93. The molecule has 0 bridgehead atoms. The second-order valence-corrected chi connectivity index (χ2v) is 4.37. The molecule has 0 saturated carbocycles. The summed E-state index contributed by atoms with van der Waals surface area (Å²) in [4.78, 5) is 4.42. The average Bonchev–Trinajstić information content (AvgIpc) is 2.73. The maximum absolute atomic E-state index is 4.42.